The second-order valence-corrected chi connectivity index (χ2v) is 7.43. The number of fused-ring (bicyclic) bond motifs is 1. The van der Waals surface area contributed by atoms with Crippen LogP contribution in [-0.4, -0.2) is 30.4 Å². The van der Waals surface area contributed by atoms with E-state index in [4.69, 9.17) is 9.84 Å². The Kier molecular flexibility index (Phi) is 5.73. The Balaban J connectivity index is 1.93. The Morgan fingerprint density at radius 3 is 2.39 bits per heavy atom. The van der Waals surface area contributed by atoms with Crippen LogP contribution < -0.4 is 16.0 Å². The van der Waals surface area contributed by atoms with Crippen LogP contribution >= 0.6 is 0 Å². The molecule has 0 bridgehead atoms. The van der Waals surface area contributed by atoms with Crippen molar-refractivity contribution in [1.29, 1.82) is 0 Å². The predicted molar refractivity (Wildman–Crippen MR) is 118 cm³/mol. The monoisotopic (exact) mass is 420 g/mol. The number of nitrogens with zero attached hydrogens (tertiary/aromatic N) is 4. The van der Waals surface area contributed by atoms with Gasteiger partial charge in [0, 0.05) is 20.2 Å². The second-order valence-electron chi connectivity index (χ2n) is 7.43. The summed E-state index contributed by atoms with van der Waals surface area (Å²) in [6, 6.07) is 17.4. The molecule has 4 rings (SSSR count). The molecule has 0 radical (unpaired) electrons. The number of aromatic nitrogens is 4. The fourth-order valence-electron chi connectivity index (χ4n) is 3.48. The lowest BCUT2D eigenvalue weighted by Crippen LogP contribution is -2.39. The molecule has 0 aliphatic rings. The van der Waals surface area contributed by atoms with Crippen LogP contribution in [0.25, 0.3) is 11.2 Å². The molecule has 1 N–H and O–H groups in total. The summed E-state index contributed by atoms with van der Waals surface area (Å²) in [6.45, 7) is 2.35. The highest BCUT2D eigenvalue weighted by Crippen LogP contribution is 2.25. The lowest BCUT2D eigenvalue weighted by molar-refractivity contribution is 0.277. The van der Waals surface area contributed by atoms with Crippen LogP contribution in [0, 0.1) is 6.92 Å². The van der Waals surface area contributed by atoms with Gasteiger partial charge in [0.2, 0.25) is 0 Å². The van der Waals surface area contributed by atoms with Gasteiger partial charge >= 0.3 is 11.7 Å². The van der Waals surface area contributed by atoms with E-state index in [9.17, 15) is 9.59 Å². The number of aliphatic hydroxyl groups excluding tert-OH is 1. The van der Waals surface area contributed by atoms with Gasteiger partial charge in [0.25, 0.3) is 5.56 Å². The molecule has 8 nitrogen and oxygen atoms in total. The van der Waals surface area contributed by atoms with Crippen molar-refractivity contribution in [3.05, 3.63) is 86.6 Å². The van der Waals surface area contributed by atoms with Gasteiger partial charge < -0.3 is 9.84 Å². The van der Waals surface area contributed by atoms with Gasteiger partial charge in [0.15, 0.2) is 11.2 Å². The van der Waals surface area contributed by atoms with Crippen molar-refractivity contribution in [2.75, 3.05) is 6.61 Å². The Morgan fingerprint density at radius 2 is 1.71 bits per heavy atom. The van der Waals surface area contributed by atoms with Crippen LogP contribution in [0.5, 0.6) is 11.8 Å². The van der Waals surface area contributed by atoms with Crippen molar-refractivity contribution in [3.63, 3.8) is 0 Å². The van der Waals surface area contributed by atoms with Crippen LogP contribution in [-0.2, 0) is 20.1 Å². The molecule has 0 fully saturated rings. The fourth-order valence-corrected chi connectivity index (χ4v) is 3.48. The smallest absolute Gasteiger partial charge is 0.332 e. The quantitative estimate of drug-likeness (QED) is 0.496. The molecule has 0 spiro atoms. The Morgan fingerprint density at radius 1 is 1.00 bits per heavy atom. The maximum absolute atomic E-state index is 13.3. The van der Waals surface area contributed by atoms with Crippen molar-refractivity contribution >= 4 is 11.2 Å². The Labute approximate surface area is 178 Å². The molecule has 0 atom stereocenters. The van der Waals surface area contributed by atoms with Crippen molar-refractivity contribution < 1.29 is 9.84 Å². The van der Waals surface area contributed by atoms with Crippen LogP contribution in [0.2, 0.25) is 0 Å². The number of benzene rings is 2. The standard InChI is InChI=1S/C23H24N4O4/c1-16-9-11-18(12-10-16)31-22-24-20-19(27(22)15-17-7-4-3-5-8-17)21(29)26(13-6-14-28)23(30)25(20)2/h3-5,7-12,28H,6,13-15H2,1-2H3. The summed E-state index contributed by atoms with van der Waals surface area (Å²) in [5.41, 5.74) is 1.68. The molecule has 0 aliphatic carbocycles. The highest BCUT2D eigenvalue weighted by molar-refractivity contribution is 5.72. The molecule has 8 heteroatoms. The molecular formula is C23H24N4O4. The molecule has 160 valence electrons. The van der Waals surface area contributed by atoms with Crippen LogP contribution in [0.1, 0.15) is 17.5 Å². The predicted octanol–water partition coefficient (Wildman–Crippen LogP) is 2.43. The first-order chi connectivity index (χ1) is 15.0. The van der Waals surface area contributed by atoms with E-state index < -0.39 is 11.2 Å². The summed E-state index contributed by atoms with van der Waals surface area (Å²) < 4.78 is 10.2. The number of rotatable bonds is 7. The average molecular weight is 420 g/mol. The first-order valence-electron chi connectivity index (χ1n) is 10.1. The third-order valence-electron chi connectivity index (χ3n) is 5.15. The summed E-state index contributed by atoms with van der Waals surface area (Å²) in [5.74, 6) is 0.584. The van der Waals surface area contributed by atoms with Crippen LogP contribution in [0.15, 0.2) is 64.2 Å². The highest BCUT2D eigenvalue weighted by Gasteiger charge is 2.21. The SMILES string of the molecule is Cc1ccc(Oc2nc3c(c(=O)n(CCCO)c(=O)n3C)n2Cc2ccccc2)cc1. The molecule has 31 heavy (non-hydrogen) atoms. The number of hydrogen-bond donors (Lipinski definition) is 1. The van der Waals surface area contributed by atoms with Crippen LogP contribution in [0.3, 0.4) is 0 Å². The summed E-state index contributed by atoms with van der Waals surface area (Å²) >= 11 is 0. The van der Waals surface area contributed by atoms with Gasteiger partial charge in [0.1, 0.15) is 5.75 Å². The van der Waals surface area contributed by atoms with Gasteiger partial charge in [-0.1, -0.05) is 48.0 Å². The molecule has 4 aromatic rings. The third-order valence-corrected chi connectivity index (χ3v) is 5.15. The molecule has 2 aromatic heterocycles. The van der Waals surface area contributed by atoms with Crippen LogP contribution in [0.4, 0.5) is 0 Å². The summed E-state index contributed by atoms with van der Waals surface area (Å²) in [5, 5.41) is 9.17. The normalized spacial score (nSPS) is 11.2. The molecule has 0 saturated heterocycles. The zero-order chi connectivity index (χ0) is 22.0. The molecular weight excluding hydrogens is 396 g/mol. The lowest BCUT2D eigenvalue weighted by atomic mass is 10.2. The first-order valence-corrected chi connectivity index (χ1v) is 10.1. The number of ether oxygens (including phenoxy) is 1. The van der Waals surface area contributed by atoms with E-state index >= 15 is 0 Å². The lowest BCUT2D eigenvalue weighted by Gasteiger charge is -2.11. The molecule has 0 aliphatic heterocycles. The van der Waals surface area contributed by atoms with E-state index in [0.717, 1.165) is 15.7 Å². The molecule has 2 aromatic carbocycles. The number of aryl methyl sites for hydroxylation is 2. The van der Waals surface area contributed by atoms with Gasteiger partial charge in [-0.05, 0) is 31.0 Å². The van der Waals surface area contributed by atoms with E-state index in [2.05, 4.69) is 4.98 Å². The van der Waals surface area contributed by atoms with E-state index in [1.165, 1.54) is 4.57 Å². The highest BCUT2D eigenvalue weighted by atomic mass is 16.5. The second kappa shape index (κ2) is 8.61. The van der Waals surface area contributed by atoms with Crippen molar-refractivity contribution in [2.45, 2.75) is 26.4 Å². The minimum Gasteiger partial charge on any atom is -0.425 e. The first kappa shape index (κ1) is 20.6. The van der Waals surface area contributed by atoms with Gasteiger partial charge in [-0.25, -0.2) is 4.79 Å². The third kappa shape index (κ3) is 4.02. The Hall–Kier alpha value is -3.65. The largest absolute Gasteiger partial charge is 0.425 e. The van der Waals surface area contributed by atoms with Gasteiger partial charge in [-0.15, -0.1) is 0 Å². The topological polar surface area (TPSA) is 91.3 Å². The van der Waals surface area contributed by atoms with Gasteiger partial charge in [0.05, 0.1) is 6.54 Å². The maximum Gasteiger partial charge on any atom is 0.332 e. The minimum atomic E-state index is -0.475. The molecule has 0 saturated carbocycles. The molecule has 0 amide bonds. The van der Waals surface area contributed by atoms with E-state index in [1.54, 1.807) is 11.6 Å². The zero-order valence-electron chi connectivity index (χ0n) is 17.5. The Bertz CT molecular complexity index is 1320. The van der Waals surface area contributed by atoms with Crippen molar-refractivity contribution in [3.8, 4) is 11.8 Å². The number of hydrogen-bond acceptors (Lipinski definition) is 5. The number of imidazole rings is 1. The average Bonchev–Trinajstić information content (AvgIpc) is 3.12. The van der Waals surface area contributed by atoms with E-state index in [1.807, 2.05) is 61.5 Å². The summed E-state index contributed by atoms with van der Waals surface area (Å²) in [6.07, 6.45) is 0.306. The van der Waals surface area contributed by atoms with Gasteiger partial charge in [-0.2, -0.15) is 4.98 Å². The van der Waals surface area contributed by atoms with E-state index in [-0.39, 0.29) is 30.3 Å². The molecule has 2 heterocycles. The minimum absolute atomic E-state index is 0.112. The zero-order valence-corrected chi connectivity index (χ0v) is 17.5. The number of aliphatic hydroxyl groups is 1. The molecule has 0 unspecified atom stereocenters. The van der Waals surface area contributed by atoms with Gasteiger partial charge in [-0.3, -0.25) is 18.5 Å². The summed E-state index contributed by atoms with van der Waals surface area (Å²) in [7, 11) is 1.58. The van der Waals surface area contributed by atoms with Crippen molar-refractivity contribution in [2.24, 2.45) is 7.05 Å². The maximum atomic E-state index is 13.3. The van der Waals surface area contributed by atoms with E-state index in [0.29, 0.717) is 18.7 Å². The fraction of sp³-hybridized carbons (Fsp3) is 0.261. The summed E-state index contributed by atoms with van der Waals surface area (Å²) in [4.78, 5) is 30.5. The van der Waals surface area contributed by atoms with Crippen molar-refractivity contribution in [1.82, 2.24) is 18.7 Å².